The van der Waals surface area contributed by atoms with Crippen LogP contribution in [0.15, 0.2) is 18.3 Å². The third-order valence-corrected chi connectivity index (χ3v) is 4.61. The minimum Gasteiger partial charge on any atom is -0.473 e. The second-order valence-corrected chi connectivity index (χ2v) is 6.21. The van der Waals surface area contributed by atoms with Crippen molar-refractivity contribution in [2.24, 2.45) is 0 Å². The van der Waals surface area contributed by atoms with Crippen molar-refractivity contribution in [1.29, 1.82) is 0 Å². The lowest BCUT2D eigenvalue weighted by Crippen LogP contribution is -2.49. The Morgan fingerprint density at radius 1 is 1.52 bits per heavy atom. The normalized spacial score (nSPS) is 22.0. The van der Waals surface area contributed by atoms with Gasteiger partial charge >= 0.3 is 0 Å². The summed E-state index contributed by atoms with van der Waals surface area (Å²) < 4.78 is 5.79. The first kappa shape index (κ1) is 14.2. The number of pyridine rings is 1. The van der Waals surface area contributed by atoms with E-state index in [1.54, 1.807) is 23.2 Å². The molecule has 112 valence electrons. The SMILES string of the molecule is O=C1CN(C(=O)c2ccnc(OC3CCSC3)c2)CCN1. The predicted octanol–water partition coefficient (Wildman–Crippen LogP) is 0.538. The van der Waals surface area contributed by atoms with Gasteiger partial charge in [0.15, 0.2) is 0 Å². The van der Waals surface area contributed by atoms with Gasteiger partial charge in [-0.1, -0.05) is 0 Å². The van der Waals surface area contributed by atoms with Crippen LogP contribution in [-0.2, 0) is 4.79 Å². The van der Waals surface area contributed by atoms with Crippen molar-refractivity contribution < 1.29 is 14.3 Å². The average Bonchev–Trinajstić information content (AvgIpc) is 3.00. The first-order chi connectivity index (χ1) is 10.2. The molecular weight excluding hydrogens is 290 g/mol. The number of thioether (sulfide) groups is 1. The Balaban J connectivity index is 1.69. The van der Waals surface area contributed by atoms with E-state index in [1.165, 1.54) is 0 Å². The number of nitrogens with one attached hydrogen (secondary N) is 1. The molecule has 2 aliphatic rings. The quantitative estimate of drug-likeness (QED) is 0.882. The highest BCUT2D eigenvalue weighted by Gasteiger charge is 2.23. The fourth-order valence-corrected chi connectivity index (χ4v) is 3.47. The maximum Gasteiger partial charge on any atom is 0.254 e. The minimum atomic E-state index is -0.155. The highest BCUT2D eigenvalue weighted by Crippen LogP contribution is 2.22. The Kier molecular flexibility index (Phi) is 4.28. The van der Waals surface area contributed by atoms with Crippen LogP contribution in [0.25, 0.3) is 0 Å². The lowest BCUT2D eigenvalue weighted by atomic mass is 10.2. The number of nitrogens with zero attached hydrogens (tertiary/aromatic N) is 2. The molecule has 0 radical (unpaired) electrons. The summed E-state index contributed by atoms with van der Waals surface area (Å²) in [6.07, 6.45) is 2.76. The second kappa shape index (κ2) is 6.34. The number of rotatable bonds is 3. The first-order valence-corrected chi connectivity index (χ1v) is 8.14. The number of amides is 2. The van der Waals surface area contributed by atoms with Gasteiger partial charge in [-0.3, -0.25) is 9.59 Å². The Hall–Kier alpha value is -1.76. The summed E-state index contributed by atoms with van der Waals surface area (Å²) in [5, 5.41) is 2.71. The number of piperazine rings is 1. The van der Waals surface area contributed by atoms with Crippen LogP contribution in [0.2, 0.25) is 0 Å². The van der Waals surface area contributed by atoms with Crippen molar-refractivity contribution in [3.63, 3.8) is 0 Å². The maximum atomic E-state index is 12.4. The largest absolute Gasteiger partial charge is 0.473 e. The fourth-order valence-electron chi connectivity index (χ4n) is 2.38. The summed E-state index contributed by atoms with van der Waals surface area (Å²) in [4.78, 5) is 29.5. The molecule has 6 nitrogen and oxygen atoms in total. The van der Waals surface area contributed by atoms with E-state index in [0.717, 1.165) is 17.9 Å². The van der Waals surface area contributed by atoms with Gasteiger partial charge in [-0.05, 0) is 18.2 Å². The smallest absolute Gasteiger partial charge is 0.254 e. The lowest BCUT2D eigenvalue weighted by Gasteiger charge is -2.26. The minimum absolute atomic E-state index is 0.108. The number of carbonyl (C=O) groups excluding carboxylic acids is 2. The Morgan fingerprint density at radius 3 is 3.19 bits per heavy atom. The summed E-state index contributed by atoms with van der Waals surface area (Å²) in [5.74, 6) is 2.27. The number of aromatic nitrogens is 1. The van der Waals surface area contributed by atoms with Crippen LogP contribution < -0.4 is 10.1 Å². The number of ether oxygens (including phenoxy) is 1. The molecular formula is C14H17N3O3S. The Labute approximate surface area is 127 Å². The molecule has 1 N–H and O–H groups in total. The molecule has 0 aromatic carbocycles. The molecule has 1 atom stereocenters. The van der Waals surface area contributed by atoms with E-state index in [2.05, 4.69) is 10.3 Å². The standard InChI is InChI=1S/C14H17N3O3S/c18-12-8-17(5-4-15-12)14(19)10-1-3-16-13(7-10)20-11-2-6-21-9-11/h1,3,7,11H,2,4-6,8-9H2,(H,15,18). The van der Waals surface area contributed by atoms with Gasteiger partial charge in [0, 0.05) is 36.7 Å². The van der Waals surface area contributed by atoms with Crippen LogP contribution in [-0.4, -0.2) is 58.9 Å². The first-order valence-electron chi connectivity index (χ1n) is 6.99. The average molecular weight is 307 g/mol. The maximum absolute atomic E-state index is 12.4. The molecule has 0 saturated carbocycles. The van der Waals surface area contributed by atoms with Crippen LogP contribution in [0.4, 0.5) is 0 Å². The van der Waals surface area contributed by atoms with E-state index in [0.29, 0.717) is 24.5 Å². The van der Waals surface area contributed by atoms with Crippen molar-refractivity contribution >= 4 is 23.6 Å². The third-order valence-electron chi connectivity index (χ3n) is 3.48. The van der Waals surface area contributed by atoms with Crippen molar-refractivity contribution in [3.05, 3.63) is 23.9 Å². The Bertz CT molecular complexity index is 546. The molecule has 3 rings (SSSR count). The van der Waals surface area contributed by atoms with Crippen molar-refractivity contribution in [3.8, 4) is 5.88 Å². The van der Waals surface area contributed by atoms with Gasteiger partial charge in [0.2, 0.25) is 11.8 Å². The molecule has 0 bridgehead atoms. The second-order valence-electron chi connectivity index (χ2n) is 5.06. The number of carbonyl (C=O) groups is 2. The molecule has 2 fully saturated rings. The zero-order chi connectivity index (χ0) is 14.7. The summed E-state index contributed by atoms with van der Waals surface area (Å²) in [7, 11) is 0. The highest BCUT2D eigenvalue weighted by atomic mass is 32.2. The Morgan fingerprint density at radius 2 is 2.43 bits per heavy atom. The zero-order valence-corrected chi connectivity index (χ0v) is 12.4. The summed E-state index contributed by atoms with van der Waals surface area (Å²) in [6.45, 7) is 1.14. The van der Waals surface area contributed by atoms with Gasteiger partial charge < -0.3 is 15.0 Å². The van der Waals surface area contributed by atoms with Gasteiger partial charge in [-0.15, -0.1) is 0 Å². The molecule has 21 heavy (non-hydrogen) atoms. The van der Waals surface area contributed by atoms with E-state index in [9.17, 15) is 9.59 Å². The summed E-state index contributed by atoms with van der Waals surface area (Å²) >= 11 is 1.86. The molecule has 1 unspecified atom stereocenters. The van der Waals surface area contributed by atoms with E-state index < -0.39 is 0 Å². The molecule has 1 aromatic heterocycles. The van der Waals surface area contributed by atoms with Crippen LogP contribution in [0, 0.1) is 0 Å². The van der Waals surface area contributed by atoms with Crippen molar-refractivity contribution in [2.45, 2.75) is 12.5 Å². The zero-order valence-electron chi connectivity index (χ0n) is 11.6. The monoisotopic (exact) mass is 307 g/mol. The molecule has 2 saturated heterocycles. The molecule has 7 heteroatoms. The van der Waals surface area contributed by atoms with Gasteiger partial charge in [-0.25, -0.2) is 4.98 Å². The van der Waals surface area contributed by atoms with Gasteiger partial charge in [-0.2, -0.15) is 11.8 Å². The van der Waals surface area contributed by atoms with Gasteiger partial charge in [0.25, 0.3) is 5.91 Å². The van der Waals surface area contributed by atoms with E-state index in [1.807, 2.05) is 11.8 Å². The highest BCUT2D eigenvalue weighted by molar-refractivity contribution is 7.99. The van der Waals surface area contributed by atoms with Crippen LogP contribution >= 0.6 is 11.8 Å². The lowest BCUT2D eigenvalue weighted by molar-refractivity contribution is -0.123. The van der Waals surface area contributed by atoms with Crippen molar-refractivity contribution in [1.82, 2.24) is 15.2 Å². The van der Waals surface area contributed by atoms with Crippen LogP contribution in [0.1, 0.15) is 16.8 Å². The van der Waals surface area contributed by atoms with Crippen molar-refractivity contribution in [2.75, 3.05) is 31.1 Å². The molecule has 2 amide bonds. The summed E-state index contributed by atoms with van der Waals surface area (Å²) in [6, 6.07) is 3.32. The fraction of sp³-hybridized carbons (Fsp3) is 0.500. The van der Waals surface area contributed by atoms with Gasteiger partial charge in [0.1, 0.15) is 6.10 Å². The molecule has 0 aliphatic carbocycles. The van der Waals surface area contributed by atoms with Crippen LogP contribution in [0.3, 0.4) is 0 Å². The van der Waals surface area contributed by atoms with E-state index in [4.69, 9.17) is 4.74 Å². The molecule has 3 heterocycles. The molecule has 1 aromatic rings. The third kappa shape index (κ3) is 3.47. The topological polar surface area (TPSA) is 71.5 Å². The number of hydrogen-bond donors (Lipinski definition) is 1. The predicted molar refractivity (Wildman–Crippen MR) is 79.5 cm³/mol. The molecule has 2 aliphatic heterocycles. The van der Waals surface area contributed by atoms with E-state index in [-0.39, 0.29) is 24.5 Å². The molecule has 0 spiro atoms. The number of hydrogen-bond acceptors (Lipinski definition) is 5. The van der Waals surface area contributed by atoms with Crippen LogP contribution in [0.5, 0.6) is 5.88 Å². The van der Waals surface area contributed by atoms with E-state index >= 15 is 0 Å². The van der Waals surface area contributed by atoms with Gasteiger partial charge in [0.05, 0.1) is 6.54 Å². The summed E-state index contributed by atoms with van der Waals surface area (Å²) in [5.41, 5.74) is 0.514.